The van der Waals surface area contributed by atoms with E-state index in [2.05, 4.69) is 54.9 Å². The number of rotatable bonds is 1. The number of aromatic amines is 2. The first-order valence-corrected chi connectivity index (χ1v) is 5.87. The van der Waals surface area contributed by atoms with E-state index in [1.165, 1.54) is 5.69 Å². The molecule has 1 aliphatic rings. The van der Waals surface area contributed by atoms with Crippen molar-refractivity contribution in [3.8, 4) is 11.5 Å². The second-order valence-corrected chi connectivity index (χ2v) is 4.65. The van der Waals surface area contributed by atoms with Crippen molar-refractivity contribution in [1.29, 1.82) is 0 Å². The number of nitrogens with one attached hydrogen (secondary N) is 2. The highest BCUT2D eigenvalue weighted by Crippen LogP contribution is 2.24. The molecule has 0 aliphatic heterocycles. The van der Waals surface area contributed by atoms with Crippen LogP contribution in [0.1, 0.15) is 17.8 Å². The van der Waals surface area contributed by atoms with Crippen LogP contribution in [0.4, 0.5) is 0 Å². The predicted molar refractivity (Wildman–Crippen MR) is 66.2 cm³/mol. The first-order valence-electron chi connectivity index (χ1n) is 4.79. The molecular formula is C10H9IN4. The van der Waals surface area contributed by atoms with Crippen molar-refractivity contribution in [3.63, 3.8) is 0 Å². The summed E-state index contributed by atoms with van der Waals surface area (Å²) >= 11 is 2.25. The summed E-state index contributed by atoms with van der Waals surface area (Å²) in [6, 6.07) is 0. The van der Waals surface area contributed by atoms with Gasteiger partial charge in [0, 0.05) is 5.69 Å². The topological polar surface area (TPSA) is 57.4 Å². The quantitative estimate of drug-likeness (QED) is 0.794. The first kappa shape index (κ1) is 9.14. The third-order valence-electron chi connectivity index (χ3n) is 2.48. The SMILES string of the molecule is Ic1cn[nH]c1-c1nc2c([nH]1)CCC=C2. The summed E-state index contributed by atoms with van der Waals surface area (Å²) in [5.41, 5.74) is 3.25. The summed E-state index contributed by atoms with van der Waals surface area (Å²) in [6.07, 6.45) is 8.17. The Morgan fingerprint density at radius 1 is 1.40 bits per heavy atom. The minimum Gasteiger partial charge on any atom is -0.340 e. The van der Waals surface area contributed by atoms with Gasteiger partial charge in [0.1, 0.15) is 5.69 Å². The molecule has 5 heteroatoms. The molecule has 3 rings (SSSR count). The van der Waals surface area contributed by atoms with Crippen LogP contribution in [0, 0.1) is 3.57 Å². The number of aryl methyl sites for hydroxylation is 1. The molecule has 0 aromatic carbocycles. The Labute approximate surface area is 100 Å². The molecule has 2 aromatic heterocycles. The van der Waals surface area contributed by atoms with Crippen molar-refractivity contribution in [2.24, 2.45) is 0 Å². The smallest absolute Gasteiger partial charge is 0.157 e. The van der Waals surface area contributed by atoms with Gasteiger partial charge in [-0.05, 0) is 41.5 Å². The lowest BCUT2D eigenvalue weighted by molar-refractivity contribution is 0.943. The number of halogens is 1. The predicted octanol–water partition coefficient (Wildman–Crippen LogP) is 2.36. The lowest BCUT2D eigenvalue weighted by Crippen LogP contribution is -1.91. The van der Waals surface area contributed by atoms with Crippen LogP contribution in [0.25, 0.3) is 17.6 Å². The highest BCUT2D eigenvalue weighted by atomic mass is 127. The summed E-state index contributed by atoms with van der Waals surface area (Å²) in [5, 5.41) is 6.95. The van der Waals surface area contributed by atoms with Gasteiger partial charge in [0.15, 0.2) is 5.82 Å². The van der Waals surface area contributed by atoms with Gasteiger partial charge in [-0.1, -0.05) is 6.08 Å². The van der Waals surface area contributed by atoms with Gasteiger partial charge in [-0.2, -0.15) is 5.10 Å². The van der Waals surface area contributed by atoms with E-state index in [0.717, 1.165) is 33.6 Å². The molecule has 2 N–H and O–H groups in total. The Bertz CT molecular complexity index is 523. The molecule has 4 nitrogen and oxygen atoms in total. The van der Waals surface area contributed by atoms with Crippen LogP contribution in [0.15, 0.2) is 12.3 Å². The van der Waals surface area contributed by atoms with Gasteiger partial charge >= 0.3 is 0 Å². The Morgan fingerprint density at radius 2 is 2.33 bits per heavy atom. The zero-order valence-electron chi connectivity index (χ0n) is 7.92. The highest BCUT2D eigenvalue weighted by Gasteiger charge is 2.14. The molecule has 2 heterocycles. The zero-order valence-corrected chi connectivity index (χ0v) is 10.1. The van der Waals surface area contributed by atoms with E-state index in [-0.39, 0.29) is 0 Å². The third kappa shape index (κ3) is 1.50. The molecule has 1 aliphatic carbocycles. The summed E-state index contributed by atoms with van der Waals surface area (Å²) in [6.45, 7) is 0. The standard InChI is InChI=1S/C10H9IN4/c11-6-5-12-15-9(6)10-13-7-3-1-2-4-8(7)14-10/h1,3,5H,2,4H2,(H,12,15)(H,13,14). The van der Waals surface area contributed by atoms with E-state index in [9.17, 15) is 0 Å². The number of fused-ring (bicyclic) bond motifs is 1. The number of aromatic nitrogens is 4. The molecule has 0 fully saturated rings. The van der Waals surface area contributed by atoms with Crippen molar-refractivity contribution >= 4 is 28.7 Å². The van der Waals surface area contributed by atoms with Crippen LogP contribution in [-0.4, -0.2) is 20.2 Å². The van der Waals surface area contributed by atoms with Crippen LogP contribution in [0.2, 0.25) is 0 Å². The maximum absolute atomic E-state index is 4.54. The maximum atomic E-state index is 4.54. The Kier molecular flexibility index (Phi) is 2.12. The minimum absolute atomic E-state index is 0.883. The number of imidazole rings is 1. The van der Waals surface area contributed by atoms with Gasteiger partial charge in [-0.15, -0.1) is 0 Å². The van der Waals surface area contributed by atoms with E-state index < -0.39 is 0 Å². The summed E-state index contributed by atoms with van der Waals surface area (Å²) in [7, 11) is 0. The normalized spacial score (nSPS) is 14.2. The average Bonchev–Trinajstić information content (AvgIpc) is 2.82. The molecule has 0 spiro atoms. The van der Waals surface area contributed by atoms with Gasteiger partial charge in [0.25, 0.3) is 0 Å². The lowest BCUT2D eigenvalue weighted by Gasteiger charge is -2.00. The molecule has 0 bridgehead atoms. The van der Waals surface area contributed by atoms with Crippen LogP contribution < -0.4 is 0 Å². The fourth-order valence-corrected chi connectivity index (χ4v) is 2.25. The fourth-order valence-electron chi connectivity index (χ4n) is 1.73. The number of hydrogen-bond donors (Lipinski definition) is 2. The maximum Gasteiger partial charge on any atom is 0.157 e. The van der Waals surface area contributed by atoms with E-state index in [4.69, 9.17) is 0 Å². The van der Waals surface area contributed by atoms with Crippen molar-refractivity contribution in [1.82, 2.24) is 20.2 Å². The van der Waals surface area contributed by atoms with Crippen LogP contribution in [0.5, 0.6) is 0 Å². The molecule has 76 valence electrons. The molecule has 0 radical (unpaired) electrons. The van der Waals surface area contributed by atoms with E-state index in [1.54, 1.807) is 6.20 Å². The largest absolute Gasteiger partial charge is 0.340 e. The van der Waals surface area contributed by atoms with Crippen LogP contribution >= 0.6 is 22.6 Å². The van der Waals surface area contributed by atoms with Crippen LogP contribution in [0.3, 0.4) is 0 Å². The Morgan fingerprint density at radius 3 is 3.07 bits per heavy atom. The number of allylic oxidation sites excluding steroid dienone is 1. The average molecular weight is 312 g/mol. The fraction of sp³-hybridized carbons (Fsp3) is 0.200. The van der Waals surface area contributed by atoms with Crippen LogP contribution in [-0.2, 0) is 6.42 Å². The number of hydrogen-bond acceptors (Lipinski definition) is 2. The summed E-state index contributed by atoms with van der Waals surface area (Å²) < 4.78 is 1.09. The van der Waals surface area contributed by atoms with Crippen molar-refractivity contribution in [2.75, 3.05) is 0 Å². The molecule has 0 amide bonds. The van der Waals surface area contributed by atoms with Crippen molar-refractivity contribution in [3.05, 3.63) is 27.2 Å². The van der Waals surface area contributed by atoms with E-state index >= 15 is 0 Å². The second kappa shape index (κ2) is 3.48. The van der Waals surface area contributed by atoms with Gasteiger partial charge in [0.2, 0.25) is 0 Å². The summed E-state index contributed by atoms with van der Waals surface area (Å²) in [4.78, 5) is 7.87. The molecule has 0 unspecified atom stereocenters. The molecule has 2 aromatic rings. The van der Waals surface area contributed by atoms with Gasteiger partial charge in [-0.3, -0.25) is 5.10 Å². The first-order chi connectivity index (χ1) is 7.34. The number of nitrogens with zero attached hydrogens (tertiary/aromatic N) is 2. The highest BCUT2D eigenvalue weighted by molar-refractivity contribution is 14.1. The second-order valence-electron chi connectivity index (χ2n) is 3.48. The molecule has 0 saturated heterocycles. The Balaban J connectivity index is 2.11. The van der Waals surface area contributed by atoms with Crippen molar-refractivity contribution in [2.45, 2.75) is 12.8 Å². The molecular weight excluding hydrogens is 303 g/mol. The molecule has 0 atom stereocenters. The van der Waals surface area contributed by atoms with Gasteiger partial charge in [-0.25, -0.2) is 4.98 Å². The lowest BCUT2D eigenvalue weighted by atomic mass is 10.1. The third-order valence-corrected chi connectivity index (χ3v) is 3.30. The summed E-state index contributed by atoms with van der Waals surface area (Å²) in [5.74, 6) is 0.883. The monoisotopic (exact) mass is 312 g/mol. The van der Waals surface area contributed by atoms with Gasteiger partial charge < -0.3 is 4.98 Å². The van der Waals surface area contributed by atoms with Crippen molar-refractivity contribution < 1.29 is 0 Å². The number of H-pyrrole nitrogens is 2. The molecule has 15 heavy (non-hydrogen) atoms. The molecule has 0 saturated carbocycles. The van der Waals surface area contributed by atoms with E-state index in [0.29, 0.717) is 0 Å². The Hall–Kier alpha value is -1.11. The van der Waals surface area contributed by atoms with E-state index in [1.807, 2.05) is 0 Å². The van der Waals surface area contributed by atoms with Gasteiger partial charge in [0.05, 0.1) is 15.5 Å². The zero-order chi connectivity index (χ0) is 10.3. The minimum atomic E-state index is 0.883.